The van der Waals surface area contributed by atoms with E-state index in [-0.39, 0.29) is 0 Å². The molecule has 0 saturated carbocycles. The number of pyridine rings is 1. The normalized spacial score (nSPS) is 18.3. The molecule has 5 rings (SSSR count). The average molecular weight is 442 g/mol. The van der Waals surface area contributed by atoms with Gasteiger partial charge in [0.1, 0.15) is 11.6 Å². The lowest BCUT2D eigenvalue weighted by Crippen LogP contribution is -2.33. The van der Waals surface area contributed by atoms with Gasteiger partial charge in [-0.15, -0.1) is 0 Å². The van der Waals surface area contributed by atoms with Crippen LogP contribution in [0.25, 0.3) is 28.1 Å². The van der Waals surface area contributed by atoms with Crippen molar-refractivity contribution >= 4 is 22.5 Å². The van der Waals surface area contributed by atoms with E-state index in [4.69, 9.17) is 15.7 Å². The minimum Gasteiger partial charge on any atom is -0.399 e. The molecular formula is C26H31N7. The molecule has 3 aromatic heterocycles. The van der Waals surface area contributed by atoms with E-state index < -0.39 is 0 Å². The zero-order valence-electron chi connectivity index (χ0n) is 19.6. The van der Waals surface area contributed by atoms with Crippen molar-refractivity contribution in [2.75, 3.05) is 4.90 Å². The Kier molecular flexibility index (Phi) is 5.40. The van der Waals surface area contributed by atoms with Gasteiger partial charge in [-0.2, -0.15) is 5.10 Å². The zero-order valence-corrected chi connectivity index (χ0v) is 19.6. The van der Waals surface area contributed by atoms with Crippen molar-refractivity contribution in [2.24, 2.45) is 5.73 Å². The Morgan fingerprint density at radius 3 is 2.55 bits per heavy atom. The second kappa shape index (κ2) is 8.39. The summed E-state index contributed by atoms with van der Waals surface area (Å²) in [5, 5.41) is 4.69. The van der Waals surface area contributed by atoms with Gasteiger partial charge in [-0.1, -0.05) is 12.6 Å². The Balaban J connectivity index is 1.57. The lowest BCUT2D eigenvalue weighted by Gasteiger charge is -2.27. The number of benzene rings is 1. The van der Waals surface area contributed by atoms with Crippen LogP contribution in [0.2, 0.25) is 0 Å². The van der Waals surface area contributed by atoms with E-state index in [1.54, 1.807) is 0 Å². The third kappa shape index (κ3) is 3.88. The van der Waals surface area contributed by atoms with Crippen LogP contribution in [0.4, 0.5) is 5.82 Å². The van der Waals surface area contributed by atoms with Crippen molar-refractivity contribution in [3.8, 4) is 11.4 Å². The fourth-order valence-electron chi connectivity index (χ4n) is 4.85. The molecule has 33 heavy (non-hydrogen) atoms. The number of anilines is 1. The third-order valence-corrected chi connectivity index (χ3v) is 6.68. The summed E-state index contributed by atoms with van der Waals surface area (Å²) < 4.78 is 4.15. The van der Waals surface area contributed by atoms with Gasteiger partial charge in [0.2, 0.25) is 0 Å². The van der Waals surface area contributed by atoms with E-state index in [1.165, 1.54) is 12.8 Å². The van der Waals surface area contributed by atoms with Crippen LogP contribution < -0.4 is 10.6 Å². The molecule has 2 atom stereocenters. The minimum absolute atomic E-state index is 0.513. The highest BCUT2D eigenvalue weighted by atomic mass is 15.3. The topological polar surface area (TPSA) is 77.8 Å². The Bertz CT molecular complexity index is 1290. The molecule has 1 fully saturated rings. The predicted octanol–water partition coefficient (Wildman–Crippen LogP) is 4.67. The highest BCUT2D eigenvalue weighted by Crippen LogP contribution is 2.31. The molecule has 2 N–H and O–H groups in total. The van der Waals surface area contributed by atoms with Gasteiger partial charge in [-0.3, -0.25) is 4.68 Å². The Labute approximate surface area is 194 Å². The predicted molar refractivity (Wildman–Crippen MR) is 134 cm³/mol. The first-order chi connectivity index (χ1) is 15.9. The van der Waals surface area contributed by atoms with Crippen LogP contribution in [0, 0.1) is 0 Å². The molecule has 0 aliphatic carbocycles. The Morgan fingerprint density at radius 2 is 1.91 bits per heavy atom. The van der Waals surface area contributed by atoms with Gasteiger partial charge in [-0.05, 0) is 69.5 Å². The minimum atomic E-state index is 0.513. The molecule has 1 aromatic carbocycles. The fraction of sp³-hybridized carbons (Fsp3) is 0.346. The van der Waals surface area contributed by atoms with Gasteiger partial charge in [0, 0.05) is 42.3 Å². The summed E-state index contributed by atoms with van der Waals surface area (Å²) in [4.78, 5) is 12.2. The van der Waals surface area contributed by atoms with E-state index in [0.717, 1.165) is 46.0 Å². The molecular weight excluding hydrogens is 410 g/mol. The van der Waals surface area contributed by atoms with Crippen LogP contribution in [-0.4, -0.2) is 36.4 Å². The fourth-order valence-corrected chi connectivity index (χ4v) is 4.85. The first-order valence-electron chi connectivity index (χ1n) is 11.7. The van der Waals surface area contributed by atoms with E-state index >= 15 is 0 Å². The van der Waals surface area contributed by atoms with Crippen molar-refractivity contribution in [1.82, 2.24) is 24.3 Å². The standard InChI is InChI=1S/C26H31N7/c1-5-31-13-12-22(30-31)16-32-24-10-8-20(19(4)27)14-23(24)29-26(32)21-9-11-25(28-15-21)33-17(2)6-7-18(33)3/h8-15,17-18H,4-7,16,27H2,1-3H3. The van der Waals surface area contributed by atoms with Gasteiger partial charge < -0.3 is 15.2 Å². The highest BCUT2D eigenvalue weighted by molar-refractivity contribution is 5.84. The van der Waals surface area contributed by atoms with Crippen LogP contribution in [-0.2, 0) is 13.1 Å². The van der Waals surface area contributed by atoms with Crippen LogP contribution in [0.3, 0.4) is 0 Å². The largest absolute Gasteiger partial charge is 0.399 e. The number of imidazole rings is 1. The van der Waals surface area contributed by atoms with Gasteiger partial charge >= 0.3 is 0 Å². The van der Waals surface area contributed by atoms with E-state index in [2.05, 4.69) is 66.2 Å². The van der Waals surface area contributed by atoms with E-state index in [1.807, 2.05) is 29.2 Å². The molecule has 4 heterocycles. The summed E-state index contributed by atoms with van der Waals surface area (Å²) >= 11 is 0. The van der Waals surface area contributed by atoms with E-state index in [9.17, 15) is 0 Å². The molecule has 170 valence electrons. The first kappa shape index (κ1) is 21.2. The summed E-state index contributed by atoms with van der Waals surface area (Å²) in [5.41, 5.74) is 11.3. The number of hydrogen-bond acceptors (Lipinski definition) is 5. The average Bonchev–Trinajstić information content (AvgIpc) is 3.51. The number of hydrogen-bond donors (Lipinski definition) is 1. The molecule has 1 saturated heterocycles. The number of fused-ring (bicyclic) bond motifs is 1. The molecule has 7 nitrogen and oxygen atoms in total. The molecule has 1 aliphatic heterocycles. The van der Waals surface area contributed by atoms with E-state index in [0.29, 0.717) is 24.3 Å². The van der Waals surface area contributed by atoms with Crippen LogP contribution >= 0.6 is 0 Å². The maximum atomic E-state index is 5.94. The second-order valence-corrected chi connectivity index (χ2v) is 9.00. The molecule has 4 aromatic rings. The molecule has 7 heteroatoms. The van der Waals surface area contributed by atoms with Gasteiger partial charge in [0.25, 0.3) is 0 Å². The van der Waals surface area contributed by atoms with Crippen molar-refractivity contribution in [1.29, 1.82) is 0 Å². The van der Waals surface area contributed by atoms with Gasteiger partial charge in [-0.25, -0.2) is 9.97 Å². The Morgan fingerprint density at radius 1 is 1.12 bits per heavy atom. The maximum Gasteiger partial charge on any atom is 0.143 e. The van der Waals surface area contributed by atoms with Crippen molar-refractivity contribution in [3.63, 3.8) is 0 Å². The molecule has 0 amide bonds. The second-order valence-electron chi connectivity index (χ2n) is 9.00. The number of aryl methyl sites for hydroxylation is 1. The maximum absolute atomic E-state index is 5.94. The highest BCUT2D eigenvalue weighted by Gasteiger charge is 2.28. The molecule has 0 bridgehead atoms. The Hall–Kier alpha value is -3.61. The van der Waals surface area contributed by atoms with Crippen molar-refractivity contribution in [2.45, 2.75) is 58.8 Å². The van der Waals surface area contributed by atoms with Gasteiger partial charge in [0.15, 0.2) is 0 Å². The first-order valence-corrected chi connectivity index (χ1v) is 11.7. The summed E-state index contributed by atoms with van der Waals surface area (Å²) in [6, 6.07) is 13.4. The monoisotopic (exact) mass is 441 g/mol. The zero-order chi connectivity index (χ0) is 23.1. The molecule has 0 spiro atoms. The summed E-state index contributed by atoms with van der Waals surface area (Å²) in [6.07, 6.45) is 6.37. The van der Waals surface area contributed by atoms with Crippen LogP contribution in [0.15, 0.2) is 55.4 Å². The number of nitrogens with two attached hydrogens (primary N) is 1. The smallest absolute Gasteiger partial charge is 0.143 e. The number of aromatic nitrogens is 5. The SMILES string of the molecule is C=C(N)c1ccc2c(c1)nc(-c1ccc(N3C(C)CCC3C)nc1)n2Cc1ccn(CC)n1. The summed E-state index contributed by atoms with van der Waals surface area (Å²) in [7, 11) is 0. The lowest BCUT2D eigenvalue weighted by molar-refractivity contribution is 0.639. The molecule has 2 unspecified atom stereocenters. The molecule has 0 radical (unpaired) electrons. The van der Waals surface area contributed by atoms with Crippen LogP contribution in [0.5, 0.6) is 0 Å². The van der Waals surface area contributed by atoms with Gasteiger partial charge in [0.05, 0.1) is 23.3 Å². The van der Waals surface area contributed by atoms with Crippen molar-refractivity contribution in [3.05, 3.63) is 66.6 Å². The van der Waals surface area contributed by atoms with Crippen LogP contribution in [0.1, 0.15) is 44.9 Å². The summed E-state index contributed by atoms with van der Waals surface area (Å²) in [6.45, 7) is 12.0. The number of nitrogens with zero attached hydrogens (tertiary/aromatic N) is 6. The summed E-state index contributed by atoms with van der Waals surface area (Å²) in [5.74, 6) is 1.90. The lowest BCUT2D eigenvalue weighted by atomic mass is 10.1. The third-order valence-electron chi connectivity index (χ3n) is 6.68. The quantitative estimate of drug-likeness (QED) is 0.470. The van der Waals surface area contributed by atoms with Crippen molar-refractivity contribution < 1.29 is 0 Å². The number of rotatable bonds is 6. The molecule has 1 aliphatic rings.